The zero-order chi connectivity index (χ0) is 30.8. The molecule has 12 N–H and O–H groups in total. The summed E-state index contributed by atoms with van der Waals surface area (Å²) in [7, 11) is 1.89. The Labute approximate surface area is 294 Å². The maximum atomic E-state index is 12.4. The van der Waals surface area contributed by atoms with Crippen LogP contribution in [0.1, 0.15) is 28.5 Å². The van der Waals surface area contributed by atoms with E-state index >= 15 is 0 Å². The summed E-state index contributed by atoms with van der Waals surface area (Å²) >= 11 is 0. The van der Waals surface area contributed by atoms with Crippen LogP contribution in [0.4, 0.5) is 0 Å². The zero-order valence-corrected chi connectivity index (χ0v) is 28.6. The van der Waals surface area contributed by atoms with Crippen LogP contribution in [0.15, 0.2) is 0 Å². The largest absolute Gasteiger partial charge is 1.00 e. The summed E-state index contributed by atoms with van der Waals surface area (Å²) in [4.78, 5) is 92.3. The first-order valence-corrected chi connectivity index (χ1v) is 13.9. The molecule has 4 atom stereocenters. The molecule has 0 aromatic rings. The van der Waals surface area contributed by atoms with E-state index in [-0.39, 0.29) is 99.2 Å². The molecule has 0 fully saturated rings. The number of carbonyl (C=O) groups excluding carboxylic acids is 4. The Bertz CT molecular complexity index is 902. The molecule has 0 rings (SSSR count). The van der Waals surface area contributed by atoms with Crippen molar-refractivity contribution in [3.8, 4) is 0 Å². The van der Waals surface area contributed by atoms with Crippen LogP contribution in [0.5, 0.6) is 0 Å². The number of amides is 4. The number of hydrogen-bond acceptors (Lipinski definition) is 12. The first-order valence-electron chi connectivity index (χ1n) is 11.4. The molecule has 42 heavy (non-hydrogen) atoms. The molecule has 0 aliphatic heterocycles. The van der Waals surface area contributed by atoms with Crippen molar-refractivity contribution < 1.29 is 121 Å². The number of aliphatic carboxylic acids is 4. The van der Waals surface area contributed by atoms with Gasteiger partial charge in [0.25, 0.3) is 0 Å². The monoisotopic (exact) mass is 660 g/mol. The van der Waals surface area contributed by atoms with Gasteiger partial charge in [0.1, 0.15) is 37.3 Å². The van der Waals surface area contributed by atoms with Crippen LogP contribution in [0.2, 0.25) is 0 Å². The molecule has 22 heteroatoms. The number of rotatable bonds is 21. The minimum absolute atomic E-state index is 0. The van der Waals surface area contributed by atoms with Crippen molar-refractivity contribution >= 4 is 69.1 Å². The average Bonchev–Trinajstić information content (AvgIpc) is 2.87. The van der Waals surface area contributed by atoms with Crippen LogP contribution < -0.4 is 91.8 Å². The van der Waals surface area contributed by atoms with E-state index in [1.54, 1.807) is 0 Å². The molecular weight excluding hydrogens is 626 g/mol. The molecule has 0 radical (unpaired) electrons. The summed E-state index contributed by atoms with van der Waals surface area (Å²) in [6, 6.07) is -5.16. The Morgan fingerprint density at radius 3 is 1.19 bits per heavy atom. The van der Waals surface area contributed by atoms with Gasteiger partial charge in [0.15, 0.2) is 0 Å². The Balaban J connectivity index is -0.00000127. The zero-order valence-electron chi connectivity index (χ0n) is 25.0. The predicted octanol–water partition coefficient (Wildman–Crippen LogP) is -9.64. The molecule has 0 aliphatic carbocycles. The van der Waals surface area contributed by atoms with E-state index in [9.17, 15) is 38.4 Å². The molecule has 0 heterocycles. The summed E-state index contributed by atoms with van der Waals surface area (Å²) in [5.41, 5.74) is 10.7. The fraction of sp³-hybridized carbons (Fsp3) is 0.600. The average molecular weight is 661 g/mol. The summed E-state index contributed by atoms with van der Waals surface area (Å²) < 4.78 is 0. The Morgan fingerprint density at radius 1 is 0.619 bits per heavy atom. The maximum Gasteiger partial charge on any atom is 1.00 e. The fourth-order valence-corrected chi connectivity index (χ4v) is 4.85. The summed E-state index contributed by atoms with van der Waals surface area (Å²) in [5, 5.41) is 44.1. The Hall–Kier alpha value is -1.62. The number of nitrogens with one attached hydrogen (secondary N) is 4. The van der Waals surface area contributed by atoms with Crippen LogP contribution in [0, 0.1) is 0 Å². The molecule has 0 aromatic carbocycles. The van der Waals surface area contributed by atoms with E-state index in [0.29, 0.717) is 0 Å². The summed E-state index contributed by atoms with van der Waals surface area (Å²) in [6.45, 7) is -1.48. The van der Waals surface area contributed by atoms with Crippen LogP contribution >= 0.6 is 21.6 Å². The van der Waals surface area contributed by atoms with E-state index in [4.69, 9.17) is 31.9 Å². The van der Waals surface area contributed by atoms with Crippen molar-refractivity contribution in [2.75, 3.05) is 24.6 Å². The van der Waals surface area contributed by atoms with Gasteiger partial charge in [-0.05, 0) is 12.8 Å². The second-order valence-electron chi connectivity index (χ2n) is 8.00. The van der Waals surface area contributed by atoms with Gasteiger partial charge in [-0.25, -0.2) is 0 Å². The first kappa shape index (κ1) is 44.8. The quantitative estimate of drug-likeness (QED) is 0.0310. The molecule has 0 spiro atoms. The van der Waals surface area contributed by atoms with Gasteiger partial charge in [-0.15, -0.1) is 0 Å². The van der Waals surface area contributed by atoms with Crippen molar-refractivity contribution in [1.29, 1.82) is 0 Å². The van der Waals surface area contributed by atoms with E-state index < -0.39 is 84.8 Å². The molecule has 0 bridgehead atoms. The molecule has 0 aromatic heterocycles. The molecule has 4 amide bonds. The van der Waals surface area contributed by atoms with Crippen LogP contribution in [-0.4, -0.2) is 117 Å². The summed E-state index contributed by atoms with van der Waals surface area (Å²) in [5.74, 6) is -8.81. The fourth-order valence-electron chi connectivity index (χ4n) is 2.52. The predicted molar refractivity (Wildman–Crippen MR) is 142 cm³/mol. The number of carboxylic acid groups (broad SMARTS) is 4. The van der Waals surface area contributed by atoms with Gasteiger partial charge in [0, 0.05) is 24.3 Å². The van der Waals surface area contributed by atoms with E-state index in [1.807, 2.05) is 0 Å². The number of nitrogens with two attached hydrogens (primary N) is 2. The number of carboxylic acids is 4. The maximum absolute atomic E-state index is 12.4. The normalized spacial score (nSPS) is 12.9. The van der Waals surface area contributed by atoms with Crippen molar-refractivity contribution in [1.82, 2.24) is 21.3 Å². The molecule has 230 valence electrons. The minimum Gasteiger partial charge on any atom is -1.00 e. The van der Waals surface area contributed by atoms with Gasteiger partial charge < -0.3 is 56.0 Å². The third-order valence-corrected chi connectivity index (χ3v) is 7.11. The van der Waals surface area contributed by atoms with Crippen molar-refractivity contribution in [3.63, 3.8) is 0 Å². The van der Waals surface area contributed by atoms with E-state index in [1.165, 1.54) is 0 Å². The Kier molecular flexibility index (Phi) is 26.4. The summed E-state index contributed by atoms with van der Waals surface area (Å²) in [6.07, 6.45) is -1.12. The van der Waals surface area contributed by atoms with Gasteiger partial charge in [0.05, 0.1) is 0 Å². The van der Waals surface area contributed by atoms with Gasteiger partial charge >= 0.3 is 83.0 Å². The second kappa shape index (κ2) is 24.8. The van der Waals surface area contributed by atoms with Crippen molar-refractivity contribution in [3.05, 3.63) is 0 Å². The van der Waals surface area contributed by atoms with Crippen molar-refractivity contribution in [2.24, 2.45) is 11.5 Å². The van der Waals surface area contributed by atoms with Crippen LogP contribution in [0.25, 0.3) is 0 Å². The molecule has 18 nitrogen and oxygen atoms in total. The number of carbonyl (C=O) groups is 8. The number of hydrogen-bond donors (Lipinski definition) is 10. The molecular formula is C20H34N6Na2O12S2. The standard InChI is InChI=1S/C20H32N6O12S2.2Na.2H/c21-9(19(35)36)1-3-13(27)25-11(17(33)23-5-15(29)30)7-39-40-8-12(18(34)24-6-16(31)32)26-14(28)4-2-10(22)20(37)38;;;;/h9-12H,1-8,21-22H2,(H,23,33)(H,24,34)(H,25,27)(H,26,28)(H,29,30)(H,31,32)(H,35,36)(H,37,38);;;;/q;2*+1;2*-1/t9-,10-,11-,12-;;;;/m0..../s1. The molecule has 0 saturated carbocycles. The first-order chi connectivity index (χ1) is 18.6. The van der Waals surface area contributed by atoms with Crippen LogP contribution in [0.3, 0.4) is 0 Å². The third kappa shape index (κ3) is 22.0. The molecule has 0 unspecified atom stereocenters. The van der Waals surface area contributed by atoms with E-state index in [0.717, 1.165) is 21.6 Å². The topological polar surface area (TPSA) is 318 Å². The van der Waals surface area contributed by atoms with Crippen LogP contribution in [-0.2, 0) is 38.4 Å². The van der Waals surface area contributed by atoms with Gasteiger partial charge in [-0.3, -0.25) is 38.4 Å². The smallest absolute Gasteiger partial charge is 1.00 e. The van der Waals surface area contributed by atoms with Gasteiger partial charge in [-0.1, -0.05) is 21.6 Å². The second-order valence-corrected chi connectivity index (χ2v) is 10.6. The van der Waals surface area contributed by atoms with E-state index in [2.05, 4.69) is 21.3 Å². The minimum atomic E-state index is -1.34. The molecule has 0 aliphatic rings. The Morgan fingerprint density at radius 2 is 0.929 bits per heavy atom. The van der Waals surface area contributed by atoms with Gasteiger partial charge in [-0.2, -0.15) is 0 Å². The SMILES string of the molecule is N[C@@H](CCC(=O)N[C@@H](CSSC[C@H](NC(=O)CC[C@H](N)C(=O)O)C(=O)NCC(=O)O)C(=O)NCC(=O)O)C(=O)O.[H-].[H-].[Na+].[Na+]. The third-order valence-electron chi connectivity index (χ3n) is 4.68. The van der Waals surface area contributed by atoms with Crippen molar-refractivity contribution in [2.45, 2.75) is 49.9 Å². The molecule has 0 saturated heterocycles. The van der Waals surface area contributed by atoms with Gasteiger partial charge in [0.2, 0.25) is 23.6 Å².